The van der Waals surface area contributed by atoms with E-state index in [1.165, 1.54) is 21.9 Å². The van der Waals surface area contributed by atoms with Crippen molar-refractivity contribution in [2.45, 2.75) is 0 Å². The molecule has 10 aromatic rings. The summed E-state index contributed by atoms with van der Waals surface area (Å²) in [6.45, 7) is 0. The molecule has 0 aliphatic heterocycles. The zero-order chi connectivity index (χ0) is 34.4. The first kappa shape index (κ1) is 29.8. The number of furan rings is 1. The van der Waals surface area contributed by atoms with Gasteiger partial charge in [0.05, 0.1) is 5.69 Å². The Morgan fingerprint density at radius 2 is 0.923 bits per heavy atom. The first-order valence-electron chi connectivity index (χ1n) is 17.3. The second-order valence-corrected chi connectivity index (χ2v) is 13.0. The SMILES string of the molecule is c1ccc2c(c1)oc1nc(-c3ccc(N(c4ccc(-c5ccc6cnccc6c5)cc4)c4ccc(-c5ccc6cnccc6c5)cc4)cc3)ccc12. The summed E-state index contributed by atoms with van der Waals surface area (Å²) in [5, 5.41) is 6.72. The average Bonchev–Trinajstić information content (AvgIpc) is 3.59. The quantitative estimate of drug-likeness (QED) is 0.177. The number of nitrogens with zero attached hydrogens (tertiary/aromatic N) is 4. The Labute approximate surface area is 300 Å². The number of aromatic nitrogens is 3. The zero-order valence-electron chi connectivity index (χ0n) is 28.0. The molecule has 0 amide bonds. The molecule has 6 aromatic carbocycles. The normalized spacial score (nSPS) is 11.5. The summed E-state index contributed by atoms with van der Waals surface area (Å²) in [5.41, 5.74) is 11.2. The molecule has 244 valence electrons. The lowest BCUT2D eigenvalue weighted by atomic mass is 10.0. The Bertz CT molecular complexity index is 2770. The number of pyridine rings is 3. The van der Waals surface area contributed by atoms with Gasteiger partial charge in [0.25, 0.3) is 0 Å². The van der Waals surface area contributed by atoms with E-state index < -0.39 is 0 Å². The van der Waals surface area contributed by atoms with E-state index in [9.17, 15) is 0 Å². The van der Waals surface area contributed by atoms with Gasteiger partial charge < -0.3 is 9.32 Å². The fourth-order valence-electron chi connectivity index (χ4n) is 7.13. The second kappa shape index (κ2) is 12.3. The van der Waals surface area contributed by atoms with Gasteiger partial charge in [0.2, 0.25) is 5.71 Å². The topological polar surface area (TPSA) is 55.1 Å². The van der Waals surface area contributed by atoms with Crippen LogP contribution in [0.15, 0.2) is 187 Å². The third-order valence-corrected chi connectivity index (χ3v) is 9.86. The minimum atomic E-state index is 0.649. The molecular weight excluding hydrogens is 637 g/mol. The minimum absolute atomic E-state index is 0.649. The minimum Gasteiger partial charge on any atom is -0.438 e. The summed E-state index contributed by atoms with van der Waals surface area (Å²) in [5.74, 6) is 0. The number of fused-ring (bicyclic) bond motifs is 5. The lowest BCUT2D eigenvalue weighted by molar-refractivity contribution is 0.654. The molecule has 0 saturated heterocycles. The molecule has 4 aromatic heterocycles. The van der Waals surface area contributed by atoms with Crippen molar-refractivity contribution in [2.24, 2.45) is 0 Å². The lowest BCUT2D eigenvalue weighted by Crippen LogP contribution is -2.09. The number of hydrogen-bond acceptors (Lipinski definition) is 5. The van der Waals surface area contributed by atoms with Crippen LogP contribution in [0.4, 0.5) is 17.1 Å². The van der Waals surface area contributed by atoms with Crippen LogP contribution in [-0.4, -0.2) is 15.0 Å². The molecule has 0 unspecified atom stereocenters. The van der Waals surface area contributed by atoms with E-state index in [0.717, 1.165) is 66.6 Å². The third-order valence-electron chi connectivity index (χ3n) is 9.86. The van der Waals surface area contributed by atoms with Crippen molar-refractivity contribution < 1.29 is 4.42 Å². The van der Waals surface area contributed by atoms with Crippen molar-refractivity contribution in [3.05, 3.63) is 183 Å². The fraction of sp³-hybridized carbons (Fsp3) is 0. The van der Waals surface area contributed by atoms with E-state index in [4.69, 9.17) is 9.40 Å². The summed E-state index contributed by atoms with van der Waals surface area (Å²) in [4.78, 5) is 15.7. The highest BCUT2D eigenvalue weighted by molar-refractivity contribution is 6.04. The molecule has 0 aliphatic rings. The molecule has 0 spiro atoms. The summed E-state index contributed by atoms with van der Waals surface area (Å²) in [6, 6.07) is 55.6. The van der Waals surface area contributed by atoms with Gasteiger partial charge in [-0.1, -0.05) is 78.9 Å². The lowest BCUT2D eigenvalue weighted by Gasteiger charge is -2.26. The molecule has 0 fully saturated rings. The average molecular weight is 667 g/mol. The van der Waals surface area contributed by atoms with Gasteiger partial charge in [0.1, 0.15) is 5.58 Å². The highest BCUT2D eigenvalue weighted by atomic mass is 16.3. The number of rotatable bonds is 6. The summed E-state index contributed by atoms with van der Waals surface area (Å²) in [7, 11) is 0. The van der Waals surface area contributed by atoms with Crippen LogP contribution in [0.1, 0.15) is 0 Å². The molecule has 0 N–H and O–H groups in total. The molecule has 0 aliphatic carbocycles. The van der Waals surface area contributed by atoms with Gasteiger partial charge in [-0.05, 0) is 112 Å². The van der Waals surface area contributed by atoms with E-state index in [-0.39, 0.29) is 0 Å². The molecule has 0 bridgehead atoms. The molecule has 0 saturated carbocycles. The van der Waals surface area contributed by atoms with Crippen molar-refractivity contribution in [1.29, 1.82) is 0 Å². The molecule has 10 rings (SSSR count). The van der Waals surface area contributed by atoms with E-state index in [1.54, 1.807) is 0 Å². The highest BCUT2D eigenvalue weighted by Crippen LogP contribution is 2.38. The van der Waals surface area contributed by atoms with Crippen LogP contribution >= 0.6 is 0 Å². The molecule has 5 heteroatoms. The van der Waals surface area contributed by atoms with Crippen molar-refractivity contribution in [2.75, 3.05) is 4.90 Å². The van der Waals surface area contributed by atoms with Crippen LogP contribution in [0.25, 0.3) is 77.1 Å². The summed E-state index contributed by atoms with van der Waals surface area (Å²) >= 11 is 0. The fourth-order valence-corrected chi connectivity index (χ4v) is 7.13. The monoisotopic (exact) mass is 666 g/mol. The second-order valence-electron chi connectivity index (χ2n) is 13.0. The van der Waals surface area contributed by atoms with E-state index in [0.29, 0.717) is 5.71 Å². The van der Waals surface area contributed by atoms with Crippen LogP contribution in [0.5, 0.6) is 0 Å². The van der Waals surface area contributed by atoms with Crippen LogP contribution in [0, 0.1) is 0 Å². The van der Waals surface area contributed by atoms with Crippen LogP contribution in [0.2, 0.25) is 0 Å². The van der Waals surface area contributed by atoms with Crippen LogP contribution < -0.4 is 4.90 Å². The molecule has 5 nitrogen and oxygen atoms in total. The van der Waals surface area contributed by atoms with Crippen molar-refractivity contribution in [1.82, 2.24) is 15.0 Å². The van der Waals surface area contributed by atoms with E-state index in [1.807, 2.05) is 43.0 Å². The summed E-state index contributed by atoms with van der Waals surface area (Å²) in [6.07, 6.45) is 7.49. The van der Waals surface area contributed by atoms with Crippen LogP contribution in [0.3, 0.4) is 0 Å². The third kappa shape index (κ3) is 5.32. The van der Waals surface area contributed by atoms with Gasteiger partial charge in [0.15, 0.2) is 0 Å². The van der Waals surface area contributed by atoms with Gasteiger partial charge in [-0.25, -0.2) is 4.98 Å². The Balaban J connectivity index is 1.02. The predicted octanol–water partition coefficient (Wildman–Crippen LogP) is 12.5. The van der Waals surface area contributed by atoms with Gasteiger partial charge >= 0.3 is 0 Å². The zero-order valence-corrected chi connectivity index (χ0v) is 28.0. The largest absolute Gasteiger partial charge is 0.438 e. The number of benzene rings is 6. The Morgan fingerprint density at radius 3 is 1.50 bits per heavy atom. The molecule has 0 radical (unpaired) electrons. The Morgan fingerprint density at radius 1 is 0.404 bits per heavy atom. The van der Waals surface area contributed by atoms with Crippen molar-refractivity contribution >= 4 is 60.7 Å². The van der Waals surface area contributed by atoms with Crippen LogP contribution in [-0.2, 0) is 0 Å². The number of para-hydroxylation sites is 1. The van der Waals surface area contributed by atoms with Gasteiger partial charge in [-0.3, -0.25) is 9.97 Å². The first-order chi connectivity index (χ1) is 25.7. The molecule has 4 heterocycles. The summed E-state index contributed by atoms with van der Waals surface area (Å²) < 4.78 is 6.09. The van der Waals surface area contributed by atoms with Gasteiger partial charge in [-0.2, -0.15) is 0 Å². The van der Waals surface area contributed by atoms with E-state index in [2.05, 4.69) is 154 Å². The van der Waals surface area contributed by atoms with Crippen molar-refractivity contribution in [3.8, 4) is 33.5 Å². The van der Waals surface area contributed by atoms with Crippen molar-refractivity contribution in [3.63, 3.8) is 0 Å². The molecular formula is C47H30N4O. The van der Waals surface area contributed by atoms with E-state index >= 15 is 0 Å². The Kier molecular flexibility index (Phi) is 7.07. The maximum Gasteiger partial charge on any atom is 0.227 e. The number of anilines is 3. The highest BCUT2D eigenvalue weighted by Gasteiger charge is 2.15. The standard InChI is InChI=1S/C47H30N4O/c1-2-4-46-43(3-1)44-21-22-45(50-47(44)52-46)33-13-19-42(20-14-33)51(40-15-9-31(10-16-40)34-5-7-38-29-48-25-23-36(38)27-34)41-17-11-32(12-18-41)35-6-8-39-30-49-26-24-37(39)28-35/h1-30H. The maximum absolute atomic E-state index is 6.09. The molecule has 52 heavy (non-hydrogen) atoms. The Hall–Kier alpha value is -7.11. The van der Waals surface area contributed by atoms with Gasteiger partial charge in [-0.15, -0.1) is 0 Å². The number of hydrogen-bond donors (Lipinski definition) is 0. The predicted molar refractivity (Wildman–Crippen MR) is 213 cm³/mol. The van der Waals surface area contributed by atoms with Gasteiger partial charge in [0, 0.05) is 69.0 Å². The smallest absolute Gasteiger partial charge is 0.227 e. The maximum atomic E-state index is 6.09. The molecule has 0 atom stereocenters. The first-order valence-corrected chi connectivity index (χ1v) is 17.3.